The van der Waals surface area contributed by atoms with Gasteiger partial charge in [0, 0.05) is 19.5 Å². The lowest BCUT2D eigenvalue weighted by atomic mass is 10.0. The Kier molecular flexibility index (Phi) is 4.85. The second-order valence-corrected chi connectivity index (χ2v) is 5.74. The summed E-state index contributed by atoms with van der Waals surface area (Å²) in [5.74, 6) is 1.83. The fraction of sp³-hybridized carbons (Fsp3) is 0.529. The van der Waals surface area contributed by atoms with Gasteiger partial charge in [-0.25, -0.2) is 4.98 Å². The summed E-state index contributed by atoms with van der Waals surface area (Å²) in [5.41, 5.74) is 2.62. The molecule has 1 aliphatic heterocycles. The first-order chi connectivity index (χ1) is 10.8. The van der Waals surface area contributed by atoms with Gasteiger partial charge < -0.3 is 4.74 Å². The zero-order valence-electron chi connectivity index (χ0n) is 13.4. The summed E-state index contributed by atoms with van der Waals surface area (Å²) in [5, 5.41) is 7.23. The molecule has 1 aliphatic rings. The average Bonchev–Trinajstić information content (AvgIpc) is 3.03. The molecule has 1 N–H and O–H groups in total. The Morgan fingerprint density at radius 2 is 2.05 bits per heavy atom. The summed E-state index contributed by atoms with van der Waals surface area (Å²) < 4.78 is 5.94. The maximum absolute atomic E-state index is 5.94. The Morgan fingerprint density at radius 1 is 1.23 bits per heavy atom. The van der Waals surface area contributed by atoms with Crippen molar-refractivity contribution in [2.75, 3.05) is 19.7 Å². The van der Waals surface area contributed by atoms with Crippen molar-refractivity contribution in [1.82, 2.24) is 20.1 Å². The van der Waals surface area contributed by atoms with Gasteiger partial charge in [-0.15, -0.1) is 0 Å². The van der Waals surface area contributed by atoms with E-state index in [0.717, 1.165) is 50.7 Å². The number of morpholine rings is 1. The third-order valence-electron chi connectivity index (χ3n) is 4.18. The SMILES string of the molecule is CCc1ccc([C@H]2CN(Cc3nc(CC)n[nH]3)CCO2)cc1. The molecular formula is C17H24N4O. The first kappa shape index (κ1) is 15.2. The normalized spacial score (nSPS) is 19.5. The van der Waals surface area contributed by atoms with Crippen LogP contribution in [0.2, 0.25) is 0 Å². The Morgan fingerprint density at radius 3 is 2.73 bits per heavy atom. The Labute approximate surface area is 131 Å². The van der Waals surface area contributed by atoms with E-state index in [9.17, 15) is 0 Å². The quantitative estimate of drug-likeness (QED) is 0.922. The Balaban J connectivity index is 1.63. The molecule has 0 spiro atoms. The number of H-pyrrole nitrogens is 1. The van der Waals surface area contributed by atoms with Crippen LogP contribution in [0.15, 0.2) is 24.3 Å². The summed E-state index contributed by atoms with van der Waals surface area (Å²) in [4.78, 5) is 6.87. The largest absolute Gasteiger partial charge is 0.371 e. The Hall–Kier alpha value is -1.72. The van der Waals surface area contributed by atoms with Crippen molar-refractivity contribution in [3.8, 4) is 0 Å². The second-order valence-electron chi connectivity index (χ2n) is 5.74. The second kappa shape index (κ2) is 7.03. The number of hydrogen-bond donors (Lipinski definition) is 1. The van der Waals surface area contributed by atoms with Crippen molar-refractivity contribution in [3.05, 3.63) is 47.0 Å². The highest BCUT2D eigenvalue weighted by molar-refractivity contribution is 5.24. The van der Waals surface area contributed by atoms with E-state index >= 15 is 0 Å². The van der Waals surface area contributed by atoms with Crippen LogP contribution in [-0.2, 0) is 24.1 Å². The molecule has 2 heterocycles. The number of nitrogens with zero attached hydrogens (tertiary/aromatic N) is 3. The number of aromatic amines is 1. The highest BCUT2D eigenvalue weighted by Crippen LogP contribution is 2.23. The topological polar surface area (TPSA) is 54.0 Å². The molecule has 0 unspecified atom stereocenters. The first-order valence-corrected chi connectivity index (χ1v) is 8.11. The molecule has 1 fully saturated rings. The van der Waals surface area contributed by atoms with Crippen LogP contribution in [-0.4, -0.2) is 39.8 Å². The van der Waals surface area contributed by atoms with Crippen LogP contribution in [0.1, 0.15) is 42.7 Å². The molecule has 0 bridgehead atoms. The molecule has 0 amide bonds. The molecule has 3 rings (SSSR count). The molecule has 1 saturated heterocycles. The van der Waals surface area contributed by atoms with Crippen LogP contribution in [0.25, 0.3) is 0 Å². The van der Waals surface area contributed by atoms with Crippen molar-refractivity contribution >= 4 is 0 Å². The molecule has 22 heavy (non-hydrogen) atoms. The number of nitrogens with one attached hydrogen (secondary N) is 1. The Bertz CT molecular complexity index is 593. The van der Waals surface area contributed by atoms with E-state index in [2.05, 4.69) is 58.2 Å². The lowest BCUT2D eigenvalue weighted by molar-refractivity contribution is -0.0336. The van der Waals surface area contributed by atoms with Crippen LogP contribution in [0.5, 0.6) is 0 Å². The van der Waals surface area contributed by atoms with Crippen molar-refractivity contribution in [2.24, 2.45) is 0 Å². The van der Waals surface area contributed by atoms with Crippen LogP contribution in [0.4, 0.5) is 0 Å². The van der Waals surface area contributed by atoms with E-state index in [1.807, 2.05) is 0 Å². The van der Waals surface area contributed by atoms with Crippen molar-refractivity contribution in [2.45, 2.75) is 39.3 Å². The van der Waals surface area contributed by atoms with Gasteiger partial charge in [-0.05, 0) is 17.5 Å². The predicted molar refractivity (Wildman–Crippen MR) is 85.6 cm³/mol. The predicted octanol–water partition coefficient (Wildman–Crippen LogP) is 2.50. The maximum atomic E-state index is 5.94. The van der Waals surface area contributed by atoms with Crippen LogP contribution < -0.4 is 0 Å². The summed E-state index contributed by atoms with van der Waals surface area (Å²) >= 11 is 0. The highest BCUT2D eigenvalue weighted by Gasteiger charge is 2.22. The van der Waals surface area contributed by atoms with Gasteiger partial charge in [0.25, 0.3) is 0 Å². The van der Waals surface area contributed by atoms with Gasteiger partial charge in [0.15, 0.2) is 0 Å². The fourth-order valence-corrected chi connectivity index (χ4v) is 2.79. The van der Waals surface area contributed by atoms with Gasteiger partial charge >= 0.3 is 0 Å². The van der Waals surface area contributed by atoms with E-state index in [-0.39, 0.29) is 6.10 Å². The highest BCUT2D eigenvalue weighted by atomic mass is 16.5. The number of hydrogen-bond acceptors (Lipinski definition) is 4. The maximum Gasteiger partial charge on any atom is 0.150 e. The van der Waals surface area contributed by atoms with E-state index < -0.39 is 0 Å². The average molecular weight is 300 g/mol. The van der Waals surface area contributed by atoms with Crippen molar-refractivity contribution in [3.63, 3.8) is 0 Å². The molecular weight excluding hydrogens is 276 g/mol. The molecule has 1 atom stereocenters. The zero-order valence-corrected chi connectivity index (χ0v) is 13.4. The van der Waals surface area contributed by atoms with Gasteiger partial charge in [-0.3, -0.25) is 10.00 Å². The number of aryl methyl sites for hydroxylation is 2. The van der Waals surface area contributed by atoms with E-state index in [0.29, 0.717) is 0 Å². The third-order valence-corrected chi connectivity index (χ3v) is 4.18. The van der Waals surface area contributed by atoms with E-state index in [1.165, 1.54) is 11.1 Å². The summed E-state index contributed by atoms with van der Waals surface area (Å²) in [6.45, 7) is 7.64. The van der Waals surface area contributed by atoms with Crippen molar-refractivity contribution in [1.29, 1.82) is 0 Å². The molecule has 118 valence electrons. The summed E-state index contributed by atoms with van der Waals surface area (Å²) in [6, 6.07) is 8.77. The smallest absolute Gasteiger partial charge is 0.150 e. The monoisotopic (exact) mass is 300 g/mol. The lowest BCUT2D eigenvalue weighted by Crippen LogP contribution is -2.38. The fourth-order valence-electron chi connectivity index (χ4n) is 2.79. The van der Waals surface area contributed by atoms with Gasteiger partial charge in [-0.1, -0.05) is 38.1 Å². The van der Waals surface area contributed by atoms with Crippen LogP contribution in [0.3, 0.4) is 0 Å². The number of benzene rings is 1. The minimum atomic E-state index is 0.147. The van der Waals surface area contributed by atoms with Crippen molar-refractivity contribution < 1.29 is 4.74 Å². The lowest BCUT2D eigenvalue weighted by Gasteiger charge is -2.32. The van der Waals surface area contributed by atoms with Gasteiger partial charge in [-0.2, -0.15) is 5.10 Å². The zero-order chi connectivity index (χ0) is 15.4. The number of aromatic nitrogens is 3. The van der Waals surface area contributed by atoms with Crippen LogP contribution in [0, 0.1) is 0 Å². The van der Waals surface area contributed by atoms with Gasteiger partial charge in [0.1, 0.15) is 11.6 Å². The third kappa shape index (κ3) is 3.54. The van der Waals surface area contributed by atoms with Gasteiger partial charge in [0.05, 0.1) is 19.3 Å². The molecule has 5 nitrogen and oxygen atoms in total. The minimum absolute atomic E-state index is 0.147. The van der Waals surface area contributed by atoms with E-state index in [4.69, 9.17) is 4.74 Å². The molecule has 2 aromatic rings. The minimum Gasteiger partial charge on any atom is -0.371 e. The molecule has 0 saturated carbocycles. The molecule has 1 aromatic heterocycles. The number of ether oxygens (including phenoxy) is 1. The standard InChI is InChI=1S/C17H24N4O/c1-3-13-5-7-14(8-6-13)15-11-21(9-10-22-15)12-17-18-16(4-2)19-20-17/h5-8,15H,3-4,9-12H2,1-2H3,(H,18,19,20)/t15-/m1/s1. The van der Waals surface area contributed by atoms with Crippen LogP contribution >= 0.6 is 0 Å². The summed E-state index contributed by atoms with van der Waals surface area (Å²) in [6.07, 6.45) is 2.09. The summed E-state index contributed by atoms with van der Waals surface area (Å²) in [7, 11) is 0. The van der Waals surface area contributed by atoms with Gasteiger partial charge in [0.2, 0.25) is 0 Å². The number of rotatable bonds is 5. The van der Waals surface area contributed by atoms with E-state index in [1.54, 1.807) is 0 Å². The molecule has 0 radical (unpaired) electrons. The first-order valence-electron chi connectivity index (χ1n) is 8.11. The molecule has 1 aromatic carbocycles. The molecule has 5 heteroatoms. The molecule has 0 aliphatic carbocycles.